The zero-order chi connectivity index (χ0) is 12.6. The molecule has 0 N–H and O–H groups in total. The molecule has 0 aliphatic rings. The lowest BCUT2D eigenvalue weighted by Crippen LogP contribution is -1.82. The second-order valence-corrected chi connectivity index (χ2v) is 5.33. The summed E-state index contributed by atoms with van der Waals surface area (Å²) in [6.45, 7) is 0. The molecule has 0 radical (unpaired) electrons. The van der Waals surface area contributed by atoms with Gasteiger partial charge in [0.2, 0.25) is 0 Å². The molecule has 0 atom stereocenters. The van der Waals surface area contributed by atoms with Gasteiger partial charge in [-0.1, -0.05) is 63.5 Å². The summed E-state index contributed by atoms with van der Waals surface area (Å²) in [7, 11) is 0. The second-order valence-electron chi connectivity index (χ2n) is 4.64. The minimum Gasteiger partial charge on any atom is -0.127 e. The molecule has 0 saturated carbocycles. The number of halogens is 2. The van der Waals surface area contributed by atoms with Gasteiger partial charge in [0.15, 0.2) is 0 Å². The number of alkyl halides is 2. The highest BCUT2D eigenvalue weighted by Gasteiger charge is 1.92. The molecule has 0 aromatic heterocycles. The summed E-state index contributed by atoms with van der Waals surface area (Å²) in [6.07, 6.45) is 19.1. The molecule has 0 aliphatic heterocycles. The Balaban J connectivity index is 2.91. The summed E-state index contributed by atoms with van der Waals surface area (Å²) in [4.78, 5) is 0. The number of hydrogen-bond acceptors (Lipinski definition) is 0. The highest BCUT2D eigenvalue weighted by Crippen LogP contribution is 2.11. The van der Waals surface area contributed by atoms with E-state index >= 15 is 0 Å². The predicted molar refractivity (Wildman–Crippen MR) is 81.4 cm³/mol. The van der Waals surface area contributed by atoms with Gasteiger partial charge in [-0.05, 0) is 19.3 Å². The maximum Gasteiger partial charge on any atom is 0.0404 e. The Morgan fingerprint density at radius 3 is 1.47 bits per heavy atom. The van der Waals surface area contributed by atoms with Crippen molar-refractivity contribution in [3.63, 3.8) is 0 Å². The molecule has 0 aromatic rings. The lowest BCUT2D eigenvalue weighted by atomic mass is 10.1. The van der Waals surface area contributed by atoms with Crippen molar-refractivity contribution in [2.45, 2.75) is 70.6 Å². The lowest BCUT2D eigenvalue weighted by Gasteiger charge is -2.01. The average molecular weight is 279 g/mol. The molecule has 0 unspecified atom stereocenters. The third-order valence-corrected chi connectivity index (χ3v) is 3.46. The van der Waals surface area contributed by atoms with E-state index in [-0.39, 0.29) is 0 Å². The molecule has 0 rings (SSSR count). The van der Waals surface area contributed by atoms with Crippen molar-refractivity contribution in [3.8, 4) is 0 Å². The van der Waals surface area contributed by atoms with Gasteiger partial charge in [0.25, 0.3) is 0 Å². The zero-order valence-corrected chi connectivity index (χ0v) is 12.6. The lowest BCUT2D eigenvalue weighted by molar-refractivity contribution is 0.558. The van der Waals surface area contributed by atoms with Crippen LogP contribution in [-0.4, -0.2) is 11.8 Å². The molecule has 0 spiro atoms. The van der Waals surface area contributed by atoms with Gasteiger partial charge in [0.1, 0.15) is 0 Å². The first-order valence-corrected chi connectivity index (χ1v) is 8.25. The normalized spacial score (nSPS) is 11.4. The van der Waals surface area contributed by atoms with E-state index in [1.807, 2.05) is 6.08 Å². The Morgan fingerprint density at radius 2 is 1.00 bits per heavy atom. The molecular weight excluding hydrogens is 251 g/mol. The van der Waals surface area contributed by atoms with Crippen LogP contribution in [0.25, 0.3) is 0 Å². The molecule has 0 aromatic carbocycles. The molecule has 0 bridgehead atoms. The van der Waals surface area contributed by atoms with Gasteiger partial charge >= 0.3 is 0 Å². The van der Waals surface area contributed by atoms with Crippen LogP contribution in [0.4, 0.5) is 0 Å². The van der Waals surface area contributed by atoms with Crippen LogP contribution in [0.15, 0.2) is 12.2 Å². The summed E-state index contributed by atoms with van der Waals surface area (Å²) in [5.74, 6) is 1.49. The summed E-state index contributed by atoms with van der Waals surface area (Å²) in [5, 5.41) is 0. The summed E-state index contributed by atoms with van der Waals surface area (Å²) >= 11 is 11.2. The topological polar surface area (TPSA) is 0 Å². The van der Waals surface area contributed by atoms with Crippen LogP contribution >= 0.6 is 23.2 Å². The fourth-order valence-corrected chi connectivity index (χ4v) is 2.27. The van der Waals surface area contributed by atoms with Gasteiger partial charge in [-0.2, -0.15) is 0 Å². The maximum absolute atomic E-state index is 5.63. The van der Waals surface area contributed by atoms with Crippen molar-refractivity contribution >= 4 is 23.2 Å². The van der Waals surface area contributed by atoms with Crippen molar-refractivity contribution < 1.29 is 0 Å². The quantitative estimate of drug-likeness (QED) is 0.210. The van der Waals surface area contributed by atoms with Crippen molar-refractivity contribution in [2.24, 2.45) is 0 Å². The Bertz CT molecular complexity index is 155. The van der Waals surface area contributed by atoms with E-state index in [1.165, 1.54) is 70.6 Å². The van der Waals surface area contributed by atoms with Gasteiger partial charge < -0.3 is 0 Å². The van der Waals surface area contributed by atoms with Gasteiger partial charge in [-0.3, -0.25) is 0 Å². The van der Waals surface area contributed by atoms with E-state index in [1.54, 1.807) is 0 Å². The third kappa shape index (κ3) is 16.3. The molecule has 0 fully saturated rings. The Kier molecular flexibility index (Phi) is 16.6. The van der Waals surface area contributed by atoms with Crippen LogP contribution in [0.3, 0.4) is 0 Å². The Labute approximate surface area is 118 Å². The van der Waals surface area contributed by atoms with Gasteiger partial charge in [-0.25, -0.2) is 0 Å². The van der Waals surface area contributed by atoms with E-state index in [0.29, 0.717) is 5.88 Å². The van der Waals surface area contributed by atoms with Crippen molar-refractivity contribution in [2.75, 3.05) is 11.8 Å². The number of rotatable bonds is 13. The number of unbranched alkanes of at least 4 members (excludes halogenated alkanes) is 10. The standard InChI is InChI=1S/C15H28Cl2/c16-14-12-10-8-6-4-2-1-3-5-7-9-11-13-15-17/h10,12H,1-9,11,13-15H2. The minimum absolute atomic E-state index is 0.656. The van der Waals surface area contributed by atoms with Crippen molar-refractivity contribution in [1.82, 2.24) is 0 Å². The smallest absolute Gasteiger partial charge is 0.0404 e. The highest BCUT2D eigenvalue weighted by molar-refractivity contribution is 6.18. The molecule has 17 heavy (non-hydrogen) atoms. The van der Waals surface area contributed by atoms with Crippen molar-refractivity contribution in [1.29, 1.82) is 0 Å². The Morgan fingerprint density at radius 1 is 0.529 bits per heavy atom. The fourth-order valence-electron chi connectivity index (χ4n) is 1.95. The van der Waals surface area contributed by atoms with Crippen LogP contribution in [0.5, 0.6) is 0 Å². The molecule has 0 saturated heterocycles. The maximum atomic E-state index is 5.63. The number of allylic oxidation sites excluding steroid dienone is 2. The van der Waals surface area contributed by atoms with E-state index in [0.717, 1.165) is 5.88 Å². The largest absolute Gasteiger partial charge is 0.127 e. The second kappa shape index (κ2) is 16.3. The summed E-state index contributed by atoms with van der Waals surface area (Å²) < 4.78 is 0. The van der Waals surface area contributed by atoms with Crippen molar-refractivity contribution in [3.05, 3.63) is 12.2 Å². The molecule has 0 nitrogen and oxygen atoms in total. The van der Waals surface area contributed by atoms with Gasteiger partial charge in [0.05, 0.1) is 0 Å². The van der Waals surface area contributed by atoms with E-state index < -0.39 is 0 Å². The monoisotopic (exact) mass is 278 g/mol. The van der Waals surface area contributed by atoms with Crippen LogP contribution in [-0.2, 0) is 0 Å². The van der Waals surface area contributed by atoms with E-state index in [9.17, 15) is 0 Å². The first-order chi connectivity index (χ1) is 8.41. The fraction of sp³-hybridized carbons (Fsp3) is 0.867. The predicted octanol–water partition coefficient (Wildman–Crippen LogP) is 6.31. The first kappa shape index (κ1) is 17.3. The molecule has 2 heteroatoms. The van der Waals surface area contributed by atoms with E-state index in [4.69, 9.17) is 23.2 Å². The zero-order valence-electron chi connectivity index (χ0n) is 11.1. The van der Waals surface area contributed by atoms with E-state index in [2.05, 4.69) is 6.08 Å². The molecule has 0 amide bonds. The average Bonchev–Trinajstić information content (AvgIpc) is 2.35. The summed E-state index contributed by atoms with van der Waals surface area (Å²) in [5.41, 5.74) is 0. The summed E-state index contributed by atoms with van der Waals surface area (Å²) in [6, 6.07) is 0. The highest BCUT2D eigenvalue weighted by atomic mass is 35.5. The van der Waals surface area contributed by atoms with Crippen LogP contribution in [0.1, 0.15) is 70.6 Å². The van der Waals surface area contributed by atoms with Gasteiger partial charge in [-0.15, -0.1) is 23.2 Å². The number of hydrogen-bond donors (Lipinski definition) is 0. The minimum atomic E-state index is 0.656. The third-order valence-electron chi connectivity index (χ3n) is 3.01. The molecule has 0 heterocycles. The SMILES string of the molecule is ClCC=CCCCCCCCCCCCCCl. The van der Waals surface area contributed by atoms with Gasteiger partial charge in [0, 0.05) is 11.8 Å². The van der Waals surface area contributed by atoms with Crippen LogP contribution in [0.2, 0.25) is 0 Å². The van der Waals surface area contributed by atoms with Crippen LogP contribution < -0.4 is 0 Å². The molecule has 102 valence electrons. The first-order valence-electron chi connectivity index (χ1n) is 7.18. The molecule has 0 aliphatic carbocycles. The Hall–Kier alpha value is 0.320. The van der Waals surface area contributed by atoms with Crippen LogP contribution in [0, 0.1) is 0 Å². The molecular formula is C15H28Cl2.